The summed E-state index contributed by atoms with van der Waals surface area (Å²) in [6, 6.07) is 0.177. The molecule has 0 aromatic carbocycles. The van der Waals surface area contributed by atoms with E-state index in [0.29, 0.717) is 10.7 Å². The van der Waals surface area contributed by atoms with Crippen molar-refractivity contribution in [2.45, 2.75) is 13.0 Å². The van der Waals surface area contributed by atoms with Gasteiger partial charge in [0.15, 0.2) is 5.13 Å². The number of aromatic nitrogens is 1. The number of thiazole rings is 1. The van der Waals surface area contributed by atoms with Crippen LogP contribution in [0.2, 0.25) is 0 Å². The number of nitrogens with one attached hydrogen (secondary N) is 1. The minimum atomic E-state index is -0.0343. The molecule has 1 saturated heterocycles. The summed E-state index contributed by atoms with van der Waals surface area (Å²) in [5.41, 5.74) is 5.97. The van der Waals surface area contributed by atoms with Crippen LogP contribution in [0.4, 0.5) is 10.9 Å². The Hall–Kier alpha value is -0.990. The van der Waals surface area contributed by atoms with Gasteiger partial charge < -0.3 is 20.9 Å². The van der Waals surface area contributed by atoms with Crippen molar-refractivity contribution in [2.24, 2.45) is 0 Å². The molecule has 1 aromatic heterocycles. The van der Waals surface area contributed by atoms with Gasteiger partial charge in [-0.15, -0.1) is 0 Å². The van der Waals surface area contributed by atoms with Gasteiger partial charge in [0.1, 0.15) is 10.7 Å². The zero-order chi connectivity index (χ0) is 15.4. The van der Waals surface area contributed by atoms with Crippen molar-refractivity contribution in [3.8, 4) is 0 Å². The van der Waals surface area contributed by atoms with E-state index >= 15 is 0 Å². The molecule has 0 saturated carbocycles. The van der Waals surface area contributed by atoms with Crippen LogP contribution in [0.5, 0.6) is 0 Å². The molecular formula is C13H23N5OS2. The predicted octanol–water partition coefficient (Wildman–Crippen LogP) is 0.958. The fourth-order valence-corrected chi connectivity index (χ4v) is 3.90. The van der Waals surface area contributed by atoms with E-state index in [1.165, 1.54) is 11.3 Å². The molecule has 2 rings (SSSR count). The van der Waals surface area contributed by atoms with Crippen LogP contribution in [-0.4, -0.2) is 67.1 Å². The Balaban J connectivity index is 2.12. The fourth-order valence-electron chi connectivity index (χ4n) is 2.18. The number of amides is 1. The van der Waals surface area contributed by atoms with E-state index in [4.69, 9.17) is 5.73 Å². The molecule has 8 heteroatoms. The normalized spacial score (nSPS) is 16.8. The molecule has 118 valence electrons. The summed E-state index contributed by atoms with van der Waals surface area (Å²) in [5, 5.41) is 4.15. The summed E-state index contributed by atoms with van der Waals surface area (Å²) in [6.07, 6.45) is 2.04. The minimum Gasteiger partial charge on any atom is -0.382 e. The van der Waals surface area contributed by atoms with E-state index < -0.39 is 0 Å². The molecule has 21 heavy (non-hydrogen) atoms. The van der Waals surface area contributed by atoms with E-state index in [1.54, 1.807) is 16.7 Å². The van der Waals surface area contributed by atoms with Gasteiger partial charge in [-0.05, 0) is 13.2 Å². The summed E-state index contributed by atoms with van der Waals surface area (Å²) < 4.78 is 0. The third kappa shape index (κ3) is 3.81. The summed E-state index contributed by atoms with van der Waals surface area (Å²) in [5.74, 6) is 1.22. The second-order valence-corrected chi connectivity index (χ2v) is 7.06. The van der Waals surface area contributed by atoms with Crippen LogP contribution in [-0.2, 0) is 0 Å². The predicted molar refractivity (Wildman–Crippen MR) is 91.5 cm³/mol. The molecule has 1 amide bonds. The molecule has 0 radical (unpaired) electrons. The highest BCUT2D eigenvalue weighted by Crippen LogP contribution is 2.29. The standard InChI is InChI=1S/C13H23N5OS2/c1-9(8-20-3)17(2)12(19)10-11(14)16-13(21-10)18-6-4-15-5-7-18/h9,15H,4-8,14H2,1-3H3. The molecule has 0 spiro atoms. The van der Waals surface area contributed by atoms with Crippen LogP contribution in [0.1, 0.15) is 16.6 Å². The Kier molecular flexibility index (Phi) is 5.72. The number of nitrogens with zero attached hydrogens (tertiary/aromatic N) is 3. The summed E-state index contributed by atoms with van der Waals surface area (Å²) >= 11 is 3.13. The van der Waals surface area contributed by atoms with Gasteiger partial charge >= 0.3 is 0 Å². The molecular weight excluding hydrogens is 306 g/mol. The molecule has 1 aliphatic rings. The van der Waals surface area contributed by atoms with Crippen molar-refractivity contribution < 1.29 is 4.79 Å². The van der Waals surface area contributed by atoms with E-state index in [2.05, 4.69) is 15.2 Å². The third-order valence-corrected chi connectivity index (χ3v) is 5.55. The van der Waals surface area contributed by atoms with Crippen molar-refractivity contribution in [3.05, 3.63) is 4.88 Å². The topological polar surface area (TPSA) is 74.5 Å². The molecule has 3 N–H and O–H groups in total. The highest BCUT2D eigenvalue weighted by Gasteiger charge is 2.25. The molecule has 1 unspecified atom stereocenters. The Morgan fingerprint density at radius 3 is 2.86 bits per heavy atom. The lowest BCUT2D eigenvalue weighted by Gasteiger charge is -2.26. The highest BCUT2D eigenvalue weighted by atomic mass is 32.2. The second-order valence-electron chi connectivity index (χ2n) is 5.17. The van der Waals surface area contributed by atoms with Crippen LogP contribution in [0.15, 0.2) is 0 Å². The molecule has 0 aliphatic carbocycles. The fraction of sp³-hybridized carbons (Fsp3) is 0.692. The van der Waals surface area contributed by atoms with Crippen molar-refractivity contribution in [3.63, 3.8) is 0 Å². The Morgan fingerprint density at radius 1 is 1.57 bits per heavy atom. The average Bonchev–Trinajstić information content (AvgIpc) is 2.89. The highest BCUT2D eigenvalue weighted by molar-refractivity contribution is 7.98. The Morgan fingerprint density at radius 2 is 2.24 bits per heavy atom. The van der Waals surface area contributed by atoms with Gasteiger partial charge in [-0.25, -0.2) is 4.98 Å². The van der Waals surface area contributed by atoms with Gasteiger partial charge in [0.25, 0.3) is 5.91 Å². The van der Waals surface area contributed by atoms with E-state index in [1.807, 2.05) is 20.2 Å². The smallest absolute Gasteiger partial charge is 0.267 e. The van der Waals surface area contributed by atoms with Gasteiger partial charge in [0.05, 0.1) is 0 Å². The zero-order valence-corrected chi connectivity index (χ0v) is 14.4. The average molecular weight is 329 g/mol. The lowest BCUT2D eigenvalue weighted by Crippen LogP contribution is -2.43. The number of rotatable bonds is 5. The molecule has 1 atom stereocenters. The number of thioether (sulfide) groups is 1. The lowest BCUT2D eigenvalue weighted by atomic mass is 10.3. The van der Waals surface area contributed by atoms with Crippen LogP contribution in [0.25, 0.3) is 0 Å². The van der Waals surface area contributed by atoms with Gasteiger partial charge in [0, 0.05) is 45.0 Å². The van der Waals surface area contributed by atoms with Crippen molar-refractivity contribution in [1.82, 2.24) is 15.2 Å². The maximum atomic E-state index is 12.6. The third-order valence-electron chi connectivity index (χ3n) is 3.61. The first kappa shape index (κ1) is 16.4. The molecule has 1 aromatic rings. The van der Waals surface area contributed by atoms with Crippen LogP contribution in [0.3, 0.4) is 0 Å². The minimum absolute atomic E-state index is 0.0343. The number of anilines is 2. The first-order valence-electron chi connectivity index (χ1n) is 7.02. The first-order valence-corrected chi connectivity index (χ1v) is 9.23. The van der Waals surface area contributed by atoms with Crippen molar-refractivity contribution in [2.75, 3.05) is 55.9 Å². The number of carbonyl (C=O) groups is 1. The first-order chi connectivity index (χ1) is 10.0. The largest absolute Gasteiger partial charge is 0.382 e. The van der Waals surface area contributed by atoms with Crippen molar-refractivity contribution >= 4 is 40.0 Å². The van der Waals surface area contributed by atoms with Crippen LogP contribution in [0, 0.1) is 0 Å². The van der Waals surface area contributed by atoms with E-state index in [-0.39, 0.29) is 11.9 Å². The van der Waals surface area contributed by atoms with Gasteiger partial charge in [-0.3, -0.25) is 4.79 Å². The number of piperazine rings is 1. The molecule has 2 heterocycles. The summed E-state index contributed by atoms with van der Waals surface area (Å²) in [6.45, 7) is 5.72. The number of nitrogen functional groups attached to an aromatic ring is 1. The summed E-state index contributed by atoms with van der Waals surface area (Å²) in [7, 11) is 1.83. The second kappa shape index (κ2) is 7.33. The molecule has 1 aliphatic heterocycles. The maximum absolute atomic E-state index is 12.6. The lowest BCUT2D eigenvalue weighted by molar-refractivity contribution is 0.0763. The monoisotopic (exact) mass is 329 g/mol. The van der Waals surface area contributed by atoms with Gasteiger partial charge in [-0.1, -0.05) is 11.3 Å². The molecule has 1 fully saturated rings. The number of hydrogen-bond acceptors (Lipinski definition) is 7. The maximum Gasteiger partial charge on any atom is 0.267 e. The number of carbonyl (C=O) groups excluding carboxylic acids is 1. The number of nitrogens with two attached hydrogens (primary N) is 1. The molecule has 0 bridgehead atoms. The number of hydrogen-bond donors (Lipinski definition) is 2. The van der Waals surface area contributed by atoms with Crippen molar-refractivity contribution in [1.29, 1.82) is 0 Å². The van der Waals surface area contributed by atoms with Crippen LogP contribution < -0.4 is 16.0 Å². The SMILES string of the molecule is CSCC(C)N(C)C(=O)c1sc(N2CCNCC2)nc1N. The van der Waals surface area contributed by atoms with E-state index in [0.717, 1.165) is 37.1 Å². The van der Waals surface area contributed by atoms with Crippen LogP contribution >= 0.6 is 23.1 Å². The Bertz CT molecular complexity index is 487. The molecule has 6 nitrogen and oxygen atoms in total. The van der Waals surface area contributed by atoms with Gasteiger partial charge in [0.2, 0.25) is 0 Å². The Labute approximate surface area is 134 Å². The van der Waals surface area contributed by atoms with Gasteiger partial charge in [-0.2, -0.15) is 11.8 Å². The zero-order valence-electron chi connectivity index (χ0n) is 12.8. The summed E-state index contributed by atoms with van der Waals surface area (Å²) in [4.78, 5) is 21.4. The van der Waals surface area contributed by atoms with E-state index in [9.17, 15) is 4.79 Å². The quantitative estimate of drug-likeness (QED) is 0.838.